The van der Waals surface area contributed by atoms with E-state index in [-0.39, 0.29) is 5.78 Å². The Balaban J connectivity index is 2.48. The molecule has 0 radical (unpaired) electrons. The lowest BCUT2D eigenvalue weighted by molar-refractivity contribution is -0.126. The zero-order valence-corrected chi connectivity index (χ0v) is 10.3. The van der Waals surface area contributed by atoms with Crippen LogP contribution in [0.4, 0.5) is 10.5 Å². The van der Waals surface area contributed by atoms with Gasteiger partial charge in [-0.15, -0.1) is 0 Å². The van der Waals surface area contributed by atoms with Crippen LogP contribution in [0.15, 0.2) is 24.3 Å². The van der Waals surface area contributed by atoms with Crippen molar-refractivity contribution in [3.05, 3.63) is 29.8 Å². The largest absolute Gasteiger partial charge is 0.338 e. The number of imide groups is 1. The summed E-state index contributed by atoms with van der Waals surface area (Å²) in [7, 11) is 0. The van der Waals surface area contributed by atoms with Gasteiger partial charge in [-0.25, -0.2) is 9.69 Å². The van der Waals surface area contributed by atoms with Crippen molar-refractivity contribution in [2.24, 2.45) is 0 Å². The van der Waals surface area contributed by atoms with Crippen molar-refractivity contribution >= 4 is 23.4 Å². The van der Waals surface area contributed by atoms with E-state index in [2.05, 4.69) is 5.32 Å². The summed E-state index contributed by atoms with van der Waals surface area (Å²) in [6.45, 7) is 3.56. The van der Waals surface area contributed by atoms with Crippen molar-refractivity contribution in [3.8, 4) is 0 Å². The molecule has 0 saturated carbocycles. The smallest absolute Gasteiger partial charge is 0.328 e. The van der Waals surface area contributed by atoms with E-state index in [9.17, 15) is 14.4 Å². The maximum absolute atomic E-state index is 12.2. The Morgan fingerprint density at radius 2 is 2.00 bits per heavy atom. The Hall–Kier alpha value is -2.17. The normalized spacial score (nSPS) is 17.6. The van der Waals surface area contributed by atoms with Crippen molar-refractivity contribution in [3.63, 3.8) is 0 Å². The summed E-state index contributed by atoms with van der Waals surface area (Å²) in [5, 5.41) is 2.57. The van der Waals surface area contributed by atoms with Crippen LogP contribution in [0.2, 0.25) is 0 Å². The zero-order valence-electron chi connectivity index (χ0n) is 10.3. The number of rotatable bonds is 2. The maximum atomic E-state index is 12.2. The highest BCUT2D eigenvalue weighted by atomic mass is 16.2. The average Bonchev–Trinajstić information content (AvgIpc) is 2.61. The number of nitrogens with one attached hydrogen (secondary N) is 1. The monoisotopic (exact) mass is 246 g/mol. The predicted molar refractivity (Wildman–Crippen MR) is 66.4 cm³/mol. The van der Waals surface area contributed by atoms with Gasteiger partial charge in [0.05, 0.1) is 5.69 Å². The van der Waals surface area contributed by atoms with Gasteiger partial charge in [0, 0.05) is 6.54 Å². The molecular formula is C13H14N2O3. The molecule has 1 atom stereocenters. The molecule has 0 aromatic heterocycles. The fourth-order valence-corrected chi connectivity index (χ4v) is 2.15. The van der Waals surface area contributed by atoms with Crippen LogP contribution in [0.5, 0.6) is 0 Å². The molecule has 1 aliphatic rings. The molecule has 0 bridgehead atoms. The number of nitrogens with zero attached hydrogens (tertiary/aromatic N) is 1. The van der Waals surface area contributed by atoms with E-state index in [1.54, 1.807) is 31.2 Å². The van der Waals surface area contributed by atoms with Gasteiger partial charge in [-0.1, -0.05) is 18.2 Å². The zero-order chi connectivity index (χ0) is 13.3. The van der Waals surface area contributed by atoms with Crippen LogP contribution in [0, 0.1) is 0 Å². The Morgan fingerprint density at radius 3 is 2.61 bits per heavy atom. The number of carbonyl (C=O) groups excluding carboxylic acids is 3. The molecule has 0 spiro atoms. The Bertz CT molecular complexity index is 525. The highest BCUT2D eigenvalue weighted by Gasteiger charge is 2.42. The molecule has 1 aromatic carbocycles. The molecule has 1 N–H and O–H groups in total. The molecule has 1 unspecified atom stereocenters. The predicted octanol–water partition coefficient (Wildman–Crippen LogP) is 1.44. The second-order valence-electron chi connectivity index (χ2n) is 4.11. The summed E-state index contributed by atoms with van der Waals surface area (Å²) in [5.41, 5.74) is 1.09. The molecule has 1 aliphatic heterocycles. The van der Waals surface area contributed by atoms with Crippen molar-refractivity contribution in [1.29, 1.82) is 0 Å². The van der Waals surface area contributed by atoms with E-state index < -0.39 is 17.9 Å². The van der Waals surface area contributed by atoms with Crippen molar-refractivity contribution in [2.75, 3.05) is 11.4 Å². The number of anilines is 1. The molecule has 5 nitrogen and oxygen atoms in total. The number of hydrogen-bond acceptors (Lipinski definition) is 3. The van der Waals surface area contributed by atoms with Crippen LogP contribution < -0.4 is 10.2 Å². The maximum Gasteiger partial charge on any atom is 0.328 e. The number of urea groups is 1. The Labute approximate surface area is 105 Å². The number of para-hydroxylation sites is 1. The van der Waals surface area contributed by atoms with Crippen LogP contribution >= 0.6 is 0 Å². The van der Waals surface area contributed by atoms with Crippen molar-refractivity contribution in [2.45, 2.75) is 19.8 Å². The van der Waals surface area contributed by atoms with Crippen LogP contribution in [0.1, 0.15) is 25.3 Å². The standard InChI is InChI=1S/C13H14N2O3/c1-3-14-13(18)15-10-7-5-4-6-9(10)11(8(2)16)12(15)17/h4-7,11H,3H2,1-2H3,(H,14,18). The second kappa shape index (κ2) is 4.60. The molecular weight excluding hydrogens is 232 g/mol. The number of Topliss-reactive ketones (excluding diaryl/α,β-unsaturated/α-hetero) is 1. The molecule has 94 valence electrons. The lowest BCUT2D eigenvalue weighted by atomic mass is 9.97. The molecule has 1 heterocycles. The minimum atomic E-state index is -0.858. The fraction of sp³-hybridized carbons (Fsp3) is 0.308. The third-order valence-electron chi connectivity index (χ3n) is 2.89. The SMILES string of the molecule is CCNC(=O)N1C(=O)C(C(C)=O)c2ccccc21. The highest BCUT2D eigenvalue weighted by molar-refractivity contribution is 6.27. The fourth-order valence-electron chi connectivity index (χ4n) is 2.15. The van der Waals surface area contributed by atoms with Crippen LogP contribution in [0.25, 0.3) is 0 Å². The van der Waals surface area contributed by atoms with Crippen LogP contribution in [0.3, 0.4) is 0 Å². The van der Waals surface area contributed by atoms with E-state index in [0.717, 1.165) is 4.90 Å². The van der Waals surface area contributed by atoms with Gasteiger partial charge in [-0.05, 0) is 25.5 Å². The third kappa shape index (κ3) is 1.77. The average molecular weight is 246 g/mol. The molecule has 0 saturated heterocycles. The summed E-state index contributed by atoms with van der Waals surface area (Å²) in [6, 6.07) is 6.38. The number of carbonyl (C=O) groups is 3. The molecule has 2 rings (SSSR count). The molecule has 1 aromatic rings. The molecule has 0 aliphatic carbocycles. The first-order valence-electron chi connectivity index (χ1n) is 5.79. The lowest BCUT2D eigenvalue weighted by Gasteiger charge is -2.15. The van der Waals surface area contributed by atoms with Gasteiger partial charge in [-0.3, -0.25) is 9.59 Å². The number of hydrogen-bond donors (Lipinski definition) is 1. The summed E-state index contributed by atoms with van der Waals surface area (Å²) < 4.78 is 0. The van der Waals surface area contributed by atoms with Gasteiger partial charge < -0.3 is 5.32 Å². The number of benzene rings is 1. The summed E-state index contributed by atoms with van der Waals surface area (Å²) in [4.78, 5) is 36.6. The van der Waals surface area contributed by atoms with Gasteiger partial charge in [0.15, 0.2) is 0 Å². The van der Waals surface area contributed by atoms with Gasteiger partial charge >= 0.3 is 6.03 Å². The molecule has 18 heavy (non-hydrogen) atoms. The lowest BCUT2D eigenvalue weighted by Crippen LogP contribution is -2.43. The molecule has 0 fully saturated rings. The molecule has 5 heteroatoms. The van der Waals surface area contributed by atoms with Gasteiger partial charge in [0.2, 0.25) is 5.91 Å². The van der Waals surface area contributed by atoms with Crippen LogP contribution in [-0.4, -0.2) is 24.3 Å². The van der Waals surface area contributed by atoms with Gasteiger partial charge in [-0.2, -0.15) is 0 Å². The topological polar surface area (TPSA) is 66.5 Å². The van der Waals surface area contributed by atoms with E-state index in [4.69, 9.17) is 0 Å². The third-order valence-corrected chi connectivity index (χ3v) is 2.89. The van der Waals surface area contributed by atoms with Gasteiger partial charge in [0.1, 0.15) is 11.7 Å². The molecule has 3 amide bonds. The second-order valence-corrected chi connectivity index (χ2v) is 4.11. The van der Waals surface area contributed by atoms with Crippen LogP contribution in [-0.2, 0) is 9.59 Å². The Kier molecular flexibility index (Phi) is 3.14. The first kappa shape index (κ1) is 12.3. The van der Waals surface area contributed by atoms with E-state index in [0.29, 0.717) is 17.8 Å². The minimum Gasteiger partial charge on any atom is -0.338 e. The van der Waals surface area contributed by atoms with Crippen molar-refractivity contribution < 1.29 is 14.4 Å². The quantitative estimate of drug-likeness (QED) is 0.803. The summed E-state index contributed by atoms with van der Waals surface area (Å²) >= 11 is 0. The van der Waals surface area contributed by atoms with E-state index in [1.165, 1.54) is 6.92 Å². The first-order chi connectivity index (χ1) is 8.57. The summed E-state index contributed by atoms with van der Waals surface area (Å²) in [5.74, 6) is -1.59. The highest BCUT2D eigenvalue weighted by Crippen LogP contribution is 2.37. The first-order valence-corrected chi connectivity index (χ1v) is 5.79. The minimum absolute atomic E-state index is 0.251. The van der Waals surface area contributed by atoms with E-state index in [1.807, 2.05) is 0 Å². The van der Waals surface area contributed by atoms with Gasteiger partial charge in [0.25, 0.3) is 0 Å². The summed E-state index contributed by atoms with van der Waals surface area (Å²) in [6.07, 6.45) is 0. The number of ketones is 1. The number of fused-ring (bicyclic) bond motifs is 1. The Morgan fingerprint density at radius 1 is 1.33 bits per heavy atom. The van der Waals surface area contributed by atoms with Crippen molar-refractivity contribution in [1.82, 2.24) is 5.32 Å². The van der Waals surface area contributed by atoms with E-state index >= 15 is 0 Å². The number of amides is 3.